The van der Waals surface area contributed by atoms with Crippen LogP contribution in [0.2, 0.25) is 5.02 Å². The summed E-state index contributed by atoms with van der Waals surface area (Å²) in [6.07, 6.45) is 4.91. The van der Waals surface area contributed by atoms with Gasteiger partial charge in [0, 0.05) is 36.2 Å². The third kappa shape index (κ3) is 4.67. The maximum Gasteiger partial charge on any atom is 0.319 e. The average molecular weight is 278 g/mol. The van der Waals surface area contributed by atoms with E-state index in [9.17, 15) is 4.79 Å². The van der Waals surface area contributed by atoms with Crippen LogP contribution < -0.4 is 10.6 Å². The Labute approximate surface area is 117 Å². The van der Waals surface area contributed by atoms with Gasteiger partial charge in [0.15, 0.2) is 0 Å². The number of benzene rings is 1. The predicted molar refractivity (Wildman–Crippen MR) is 77.5 cm³/mol. The number of halogens is 1. The highest BCUT2D eigenvalue weighted by Gasteiger charge is 2.00. The number of anilines is 1. The average Bonchev–Trinajstić information content (AvgIpc) is 2.91. The third-order valence-corrected chi connectivity index (χ3v) is 2.90. The fourth-order valence-corrected chi connectivity index (χ4v) is 1.82. The molecule has 0 atom stereocenters. The summed E-state index contributed by atoms with van der Waals surface area (Å²) >= 11 is 5.77. The first kappa shape index (κ1) is 13.5. The SMILES string of the molecule is O=C(NCCCn1cccc1)Nc1ccc(Cl)cc1. The molecular weight excluding hydrogens is 262 g/mol. The van der Waals surface area contributed by atoms with Gasteiger partial charge in [-0.3, -0.25) is 0 Å². The zero-order valence-corrected chi connectivity index (χ0v) is 11.2. The van der Waals surface area contributed by atoms with Gasteiger partial charge in [-0.15, -0.1) is 0 Å². The normalized spacial score (nSPS) is 10.2. The number of aromatic nitrogens is 1. The number of rotatable bonds is 5. The van der Waals surface area contributed by atoms with E-state index in [1.165, 1.54) is 0 Å². The van der Waals surface area contributed by atoms with Crippen molar-refractivity contribution in [1.29, 1.82) is 0 Å². The second-order valence-electron chi connectivity index (χ2n) is 4.16. The Morgan fingerprint density at radius 1 is 1.16 bits per heavy atom. The number of aryl methyl sites for hydroxylation is 1. The van der Waals surface area contributed by atoms with E-state index in [0.717, 1.165) is 18.7 Å². The van der Waals surface area contributed by atoms with Crippen molar-refractivity contribution in [3.8, 4) is 0 Å². The van der Waals surface area contributed by atoms with Crippen molar-refractivity contribution in [2.45, 2.75) is 13.0 Å². The Morgan fingerprint density at radius 3 is 2.53 bits per heavy atom. The number of nitrogens with zero attached hydrogens (tertiary/aromatic N) is 1. The molecule has 2 aromatic rings. The maximum atomic E-state index is 11.6. The molecule has 1 heterocycles. The van der Waals surface area contributed by atoms with Crippen LogP contribution in [0.25, 0.3) is 0 Å². The van der Waals surface area contributed by atoms with E-state index in [4.69, 9.17) is 11.6 Å². The van der Waals surface area contributed by atoms with Crippen molar-refractivity contribution < 1.29 is 4.79 Å². The minimum absolute atomic E-state index is 0.199. The van der Waals surface area contributed by atoms with Crippen molar-refractivity contribution in [3.05, 3.63) is 53.8 Å². The van der Waals surface area contributed by atoms with E-state index in [1.807, 2.05) is 24.5 Å². The Balaban J connectivity index is 1.65. The molecule has 0 fully saturated rings. The molecule has 0 aliphatic rings. The number of carbonyl (C=O) groups excluding carboxylic acids is 1. The molecule has 0 radical (unpaired) electrons. The fourth-order valence-electron chi connectivity index (χ4n) is 1.69. The summed E-state index contributed by atoms with van der Waals surface area (Å²) in [5.41, 5.74) is 0.729. The van der Waals surface area contributed by atoms with Crippen LogP contribution in [-0.4, -0.2) is 17.1 Å². The summed E-state index contributed by atoms with van der Waals surface area (Å²) in [4.78, 5) is 11.6. The van der Waals surface area contributed by atoms with E-state index < -0.39 is 0 Å². The van der Waals surface area contributed by atoms with Crippen molar-refractivity contribution in [3.63, 3.8) is 0 Å². The van der Waals surface area contributed by atoms with Crippen LogP contribution >= 0.6 is 11.6 Å². The molecule has 19 heavy (non-hydrogen) atoms. The molecule has 0 unspecified atom stereocenters. The summed E-state index contributed by atoms with van der Waals surface area (Å²) in [5, 5.41) is 6.21. The summed E-state index contributed by atoms with van der Waals surface area (Å²) in [6.45, 7) is 1.53. The fraction of sp³-hybridized carbons (Fsp3) is 0.214. The minimum atomic E-state index is -0.199. The van der Waals surface area contributed by atoms with Gasteiger partial charge >= 0.3 is 6.03 Å². The first-order chi connectivity index (χ1) is 9.24. The maximum absolute atomic E-state index is 11.6. The molecule has 2 amide bonds. The van der Waals surface area contributed by atoms with Gasteiger partial charge in [0.05, 0.1) is 0 Å². The minimum Gasteiger partial charge on any atom is -0.354 e. The Kier molecular flexibility index (Phi) is 4.86. The molecule has 5 heteroatoms. The van der Waals surface area contributed by atoms with Gasteiger partial charge in [-0.05, 0) is 42.8 Å². The van der Waals surface area contributed by atoms with Crippen LogP contribution in [0.4, 0.5) is 10.5 Å². The summed E-state index contributed by atoms with van der Waals surface area (Å²) in [7, 11) is 0. The highest BCUT2D eigenvalue weighted by molar-refractivity contribution is 6.30. The molecule has 100 valence electrons. The smallest absolute Gasteiger partial charge is 0.319 e. The Morgan fingerprint density at radius 2 is 1.84 bits per heavy atom. The lowest BCUT2D eigenvalue weighted by molar-refractivity contribution is 0.252. The molecule has 0 saturated carbocycles. The highest BCUT2D eigenvalue weighted by atomic mass is 35.5. The molecule has 0 aliphatic heterocycles. The Bertz CT molecular complexity index is 508. The highest BCUT2D eigenvalue weighted by Crippen LogP contribution is 2.12. The van der Waals surface area contributed by atoms with Gasteiger partial charge in [-0.1, -0.05) is 11.6 Å². The summed E-state index contributed by atoms with van der Waals surface area (Å²) in [5.74, 6) is 0. The van der Waals surface area contributed by atoms with Gasteiger partial charge in [0.25, 0.3) is 0 Å². The molecule has 2 N–H and O–H groups in total. The van der Waals surface area contributed by atoms with Gasteiger partial charge in [-0.2, -0.15) is 0 Å². The number of urea groups is 1. The molecular formula is C14H16ClN3O. The number of carbonyl (C=O) groups is 1. The van der Waals surface area contributed by atoms with Gasteiger partial charge in [0.1, 0.15) is 0 Å². The first-order valence-electron chi connectivity index (χ1n) is 6.15. The second-order valence-corrected chi connectivity index (χ2v) is 4.60. The lowest BCUT2D eigenvalue weighted by atomic mass is 10.3. The van der Waals surface area contributed by atoms with Crippen molar-refractivity contribution in [2.24, 2.45) is 0 Å². The van der Waals surface area contributed by atoms with Crippen LogP contribution in [0, 0.1) is 0 Å². The van der Waals surface area contributed by atoms with Crippen LogP contribution in [0.15, 0.2) is 48.8 Å². The van der Waals surface area contributed by atoms with Crippen molar-refractivity contribution in [2.75, 3.05) is 11.9 Å². The quantitative estimate of drug-likeness (QED) is 0.809. The van der Waals surface area contributed by atoms with Crippen molar-refractivity contribution >= 4 is 23.3 Å². The molecule has 0 bridgehead atoms. The van der Waals surface area contributed by atoms with E-state index in [0.29, 0.717) is 11.6 Å². The summed E-state index contributed by atoms with van der Waals surface area (Å²) in [6, 6.07) is 10.8. The monoisotopic (exact) mass is 277 g/mol. The van der Waals surface area contributed by atoms with Crippen molar-refractivity contribution in [1.82, 2.24) is 9.88 Å². The lowest BCUT2D eigenvalue weighted by Crippen LogP contribution is -2.29. The van der Waals surface area contributed by atoms with E-state index in [-0.39, 0.29) is 6.03 Å². The number of hydrogen-bond donors (Lipinski definition) is 2. The summed E-state index contributed by atoms with van der Waals surface area (Å²) < 4.78 is 2.08. The lowest BCUT2D eigenvalue weighted by Gasteiger charge is -2.08. The van der Waals surface area contributed by atoms with Crippen LogP contribution in [0.3, 0.4) is 0 Å². The second kappa shape index (κ2) is 6.85. The topological polar surface area (TPSA) is 46.1 Å². The Hall–Kier alpha value is -1.94. The largest absolute Gasteiger partial charge is 0.354 e. The zero-order valence-electron chi connectivity index (χ0n) is 10.5. The first-order valence-corrected chi connectivity index (χ1v) is 6.53. The molecule has 0 aliphatic carbocycles. The zero-order chi connectivity index (χ0) is 13.5. The van der Waals surface area contributed by atoms with Gasteiger partial charge < -0.3 is 15.2 Å². The molecule has 1 aromatic heterocycles. The number of hydrogen-bond acceptors (Lipinski definition) is 1. The third-order valence-electron chi connectivity index (χ3n) is 2.65. The van der Waals surface area contributed by atoms with Gasteiger partial charge in [-0.25, -0.2) is 4.79 Å². The van der Waals surface area contributed by atoms with E-state index in [2.05, 4.69) is 15.2 Å². The number of nitrogens with one attached hydrogen (secondary N) is 2. The van der Waals surface area contributed by atoms with Gasteiger partial charge in [0.2, 0.25) is 0 Å². The van der Waals surface area contributed by atoms with E-state index in [1.54, 1.807) is 24.3 Å². The molecule has 0 spiro atoms. The number of amides is 2. The standard InChI is InChI=1S/C14H16ClN3O/c15-12-4-6-13(7-5-12)17-14(19)16-8-3-11-18-9-1-2-10-18/h1-2,4-7,9-10H,3,8,11H2,(H2,16,17,19). The molecule has 1 aromatic carbocycles. The molecule has 4 nitrogen and oxygen atoms in total. The molecule has 2 rings (SSSR count). The van der Waals surface area contributed by atoms with Crippen LogP contribution in [0.5, 0.6) is 0 Å². The van der Waals surface area contributed by atoms with Crippen LogP contribution in [-0.2, 0) is 6.54 Å². The molecule has 0 saturated heterocycles. The van der Waals surface area contributed by atoms with E-state index >= 15 is 0 Å². The van der Waals surface area contributed by atoms with Crippen LogP contribution in [0.1, 0.15) is 6.42 Å². The predicted octanol–water partition coefficient (Wildman–Crippen LogP) is 3.35.